The number of nitrogens with zero attached hydrogens (tertiary/aromatic N) is 2. The second-order valence-electron chi connectivity index (χ2n) is 4.01. The number of aromatic nitrogens is 2. The van der Waals surface area contributed by atoms with Crippen molar-refractivity contribution in [2.24, 2.45) is 5.73 Å². The molecule has 1 atom stereocenters. The first-order valence-corrected chi connectivity index (χ1v) is 6.10. The van der Waals surface area contributed by atoms with Crippen molar-refractivity contribution in [2.75, 3.05) is 0 Å². The molecular weight excluding hydrogens is 285 g/mol. The number of halogens is 2. The summed E-state index contributed by atoms with van der Waals surface area (Å²) in [7, 11) is 0. The summed E-state index contributed by atoms with van der Waals surface area (Å²) in [6.45, 7) is 2.54. The Morgan fingerprint density at radius 3 is 2.65 bits per heavy atom. The lowest BCUT2D eigenvalue weighted by molar-refractivity contribution is 0.543. The maximum Gasteiger partial charge on any atom is 0.123 e. The van der Waals surface area contributed by atoms with E-state index in [0.29, 0.717) is 6.54 Å². The summed E-state index contributed by atoms with van der Waals surface area (Å²) in [5, 5.41) is 4.25. The van der Waals surface area contributed by atoms with Gasteiger partial charge in [0, 0.05) is 11.6 Å². The third-order valence-corrected chi connectivity index (χ3v) is 2.95. The van der Waals surface area contributed by atoms with Gasteiger partial charge in [-0.25, -0.2) is 4.39 Å². The van der Waals surface area contributed by atoms with Crippen molar-refractivity contribution in [2.45, 2.75) is 19.5 Å². The molecule has 0 saturated carbocycles. The molecular formula is C12H13BrFN3. The second-order valence-corrected chi connectivity index (χ2v) is 4.86. The molecule has 0 spiro atoms. The standard InChI is InChI=1S/C12H13BrFN3/c1-8(15)7-17-12(11(13)6-16-17)9-2-4-10(14)5-3-9/h2-6,8H,7,15H2,1H3. The molecule has 0 radical (unpaired) electrons. The van der Waals surface area contributed by atoms with Crippen molar-refractivity contribution in [1.82, 2.24) is 9.78 Å². The minimum absolute atomic E-state index is 0.0148. The lowest BCUT2D eigenvalue weighted by Crippen LogP contribution is -2.23. The molecule has 2 rings (SSSR count). The first-order valence-electron chi connectivity index (χ1n) is 5.30. The molecule has 1 aromatic carbocycles. The van der Waals surface area contributed by atoms with Crippen molar-refractivity contribution < 1.29 is 4.39 Å². The van der Waals surface area contributed by atoms with E-state index in [1.165, 1.54) is 12.1 Å². The Bertz CT molecular complexity index is 505. The van der Waals surface area contributed by atoms with E-state index in [2.05, 4.69) is 21.0 Å². The van der Waals surface area contributed by atoms with E-state index in [1.807, 2.05) is 11.6 Å². The van der Waals surface area contributed by atoms with Crippen molar-refractivity contribution in [3.05, 3.63) is 40.8 Å². The summed E-state index contributed by atoms with van der Waals surface area (Å²) in [4.78, 5) is 0. The van der Waals surface area contributed by atoms with Crippen molar-refractivity contribution >= 4 is 15.9 Å². The van der Waals surface area contributed by atoms with Crippen LogP contribution in [0.5, 0.6) is 0 Å². The van der Waals surface area contributed by atoms with Crippen LogP contribution in [-0.2, 0) is 6.54 Å². The van der Waals surface area contributed by atoms with Crippen molar-refractivity contribution in [3.63, 3.8) is 0 Å². The first-order chi connectivity index (χ1) is 8.08. The van der Waals surface area contributed by atoms with Gasteiger partial charge in [-0.3, -0.25) is 4.68 Å². The zero-order valence-corrected chi connectivity index (χ0v) is 11.0. The fourth-order valence-corrected chi connectivity index (χ4v) is 2.19. The Hall–Kier alpha value is -1.20. The summed E-state index contributed by atoms with van der Waals surface area (Å²) in [6.07, 6.45) is 1.72. The molecule has 90 valence electrons. The monoisotopic (exact) mass is 297 g/mol. The summed E-state index contributed by atoms with van der Waals surface area (Å²) in [5.74, 6) is -0.247. The number of benzene rings is 1. The largest absolute Gasteiger partial charge is 0.326 e. The minimum atomic E-state index is -0.247. The van der Waals surface area contributed by atoms with Crippen LogP contribution in [0.2, 0.25) is 0 Å². The lowest BCUT2D eigenvalue weighted by atomic mass is 10.1. The van der Waals surface area contributed by atoms with Gasteiger partial charge in [-0.1, -0.05) is 0 Å². The van der Waals surface area contributed by atoms with Crippen molar-refractivity contribution in [3.8, 4) is 11.3 Å². The average Bonchev–Trinajstić information content (AvgIpc) is 2.61. The summed E-state index contributed by atoms with van der Waals surface area (Å²) < 4.78 is 15.6. The lowest BCUT2D eigenvalue weighted by Gasteiger charge is -2.10. The quantitative estimate of drug-likeness (QED) is 0.947. The van der Waals surface area contributed by atoms with Crippen LogP contribution in [-0.4, -0.2) is 15.8 Å². The molecule has 0 amide bonds. The van der Waals surface area contributed by atoms with E-state index >= 15 is 0 Å². The number of hydrogen-bond donors (Lipinski definition) is 1. The van der Waals surface area contributed by atoms with Gasteiger partial charge in [0.2, 0.25) is 0 Å². The topological polar surface area (TPSA) is 43.8 Å². The highest BCUT2D eigenvalue weighted by molar-refractivity contribution is 9.10. The summed E-state index contributed by atoms with van der Waals surface area (Å²) in [5.41, 5.74) is 7.60. The van der Waals surface area contributed by atoms with Crippen LogP contribution >= 0.6 is 15.9 Å². The number of rotatable bonds is 3. The van der Waals surface area contributed by atoms with Crippen LogP contribution < -0.4 is 5.73 Å². The van der Waals surface area contributed by atoms with Gasteiger partial charge >= 0.3 is 0 Å². The molecule has 3 nitrogen and oxygen atoms in total. The van der Waals surface area contributed by atoms with Gasteiger partial charge in [0.1, 0.15) is 5.82 Å². The maximum atomic E-state index is 12.9. The fourth-order valence-electron chi connectivity index (χ4n) is 1.67. The van der Waals surface area contributed by atoms with Crippen LogP contribution in [0, 0.1) is 5.82 Å². The Balaban J connectivity index is 2.43. The van der Waals surface area contributed by atoms with Gasteiger partial charge in [-0.2, -0.15) is 5.10 Å². The third kappa shape index (κ3) is 2.73. The smallest absolute Gasteiger partial charge is 0.123 e. The van der Waals surface area contributed by atoms with E-state index in [9.17, 15) is 4.39 Å². The van der Waals surface area contributed by atoms with Gasteiger partial charge in [-0.15, -0.1) is 0 Å². The molecule has 0 bridgehead atoms. The van der Waals surface area contributed by atoms with Gasteiger partial charge in [0.05, 0.1) is 22.9 Å². The maximum absolute atomic E-state index is 12.9. The first kappa shape index (κ1) is 12.3. The Morgan fingerprint density at radius 1 is 1.41 bits per heavy atom. The Morgan fingerprint density at radius 2 is 2.06 bits per heavy atom. The highest BCUT2D eigenvalue weighted by Crippen LogP contribution is 2.28. The van der Waals surface area contributed by atoms with Gasteiger partial charge in [0.25, 0.3) is 0 Å². The predicted molar refractivity (Wildman–Crippen MR) is 69.0 cm³/mol. The van der Waals surface area contributed by atoms with Crippen LogP contribution in [0.1, 0.15) is 6.92 Å². The number of nitrogens with two attached hydrogens (primary N) is 1. The van der Waals surface area contributed by atoms with Crippen LogP contribution in [0.25, 0.3) is 11.3 Å². The summed E-state index contributed by atoms with van der Waals surface area (Å²) in [6, 6.07) is 6.35. The van der Waals surface area contributed by atoms with E-state index in [4.69, 9.17) is 5.73 Å². The van der Waals surface area contributed by atoms with E-state index in [0.717, 1.165) is 15.7 Å². The molecule has 0 aliphatic rings. The zero-order valence-electron chi connectivity index (χ0n) is 9.40. The van der Waals surface area contributed by atoms with E-state index in [1.54, 1.807) is 18.3 Å². The normalized spacial score (nSPS) is 12.7. The molecule has 1 aromatic heterocycles. The van der Waals surface area contributed by atoms with Crippen LogP contribution in [0.4, 0.5) is 4.39 Å². The molecule has 17 heavy (non-hydrogen) atoms. The minimum Gasteiger partial charge on any atom is -0.326 e. The van der Waals surface area contributed by atoms with Crippen LogP contribution in [0.15, 0.2) is 34.9 Å². The van der Waals surface area contributed by atoms with Gasteiger partial charge < -0.3 is 5.73 Å². The molecule has 0 fully saturated rings. The van der Waals surface area contributed by atoms with Gasteiger partial charge in [0.15, 0.2) is 0 Å². The summed E-state index contributed by atoms with van der Waals surface area (Å²) >= 11 is 3.44. The second kappa shape index (κ2) is 4.98. The van der Waals surface area contributed by atoms with Crippen molar-refractivity contribution in [1.29, 1.82) is 0 Å². The number of hydrogen-bond acceptors (Lipinski definition) is 2. The van der Waals surface area contributed by atoms with E-state index in [-0.39, 0.29) is 11.9 Å². The van der Waals surface area contributed by atoms with Gasteiger partial charge in [-0.05, 0) is 47.1 Å². The Labute approximate surface area is 108 Å². The Kier molecular flexibility index (Phi) is 3.59. The highest BCUT2D eigenvalue weighted by atomic mass is 79.9. The molecule has 1 heterocycles. The van der Waals surface area contributed by atoms with Crippen LogP contribution in [0.3, 0.4) is 0 Å². The molecule has 0 saturated heterocycles. The third-order valence-electron chi connectivity index (χ3n) is 2.37. The average molecular weight is 298 g/mol. The van der Waals surface area contributed by atoms with E-state index < -0.39 is 0 Å². The molecule has 0 aliphatic heterocycles. The molecule has 5 heteroatoms. The molecule has 2 N–H and O–H groups in total. The molecule has 0 aliphatic carbocycles. The SMILES string of the molecule is CC(N)Cn1ncc(Br)c1-c1ccc(F)cc1. The molecule has 2 aromatic rings. The zero-order chi connectivity index (χ0) is 12.4. The predicted octanol–water partition coefficient (Wildman–Crippen LogP) is 2.80. The highest BCUT2D eigenvalue weighted by Gasteiger charge is 2.12. The molecule has 1 unspecified atom stereocenters. The fraction of sp³-hybridized carbons (Fsp3) is 0.250.